The van der Waals surface area contributed by atoms with E-state index in [0.29, 0.717) is 0 Å². The number of aliphatic hydroxyl groups excluding tert-OH is 2. The molecule has 0 radical (unpaired) electrons. The third-order valence-corrected chi connectivity index (χ3v) is 2.26. The number of hydrogen-bond donors (Lipinski definition) is 4. The molecule has 0 aliphatic carbocycles. The number of aromatic amines is 1. The highest BCUT2D eigenvalue weighted by Crippen LogP contribution is 2.18. The molecule has 5 N–H and O–H groups in total. The van der Waals surface area contributed by atoms with E-state index in [2.05, 4.69) is 9.72 Å². The summed E-state index contributed by atoms with van der Waals surface area (Å²) in [4.78, 5) is 24.2. The minimum absolute atomic E-state index is 0.0770. The summed E-state index contributed by atoms with van der Waals surface area (Å²) in [5.74, 6) is -0.644. The van der Waals surface area contributed by atoms with Crippen LogP contribution in [-0.4, -0.2) is 34.4 Å². The standard InChI is InChI=1S/C10H14N2O5/c1-17-8(14)3-7(13)9(15)5-2-6(11)10(16)12-4-5/h2,4,7,9,13,15H,3,11H2,1H3,(H,12,16). The largest absolute Gasteiger partial charge is 0.469 e. The molecule has 2 unspecified atom stereocenters. The number of ether oxygens (including phenoxy) is 1. The van der Waals surface area contributed by atoms with Gasteiger partial charge in [-0.05, 0) is 6.07 Å². The molecule has 0 saturated heterocycles. The maximum Gasteiger partial charge on any atom is 0.308 e. The van der Waals surface area contributed by atoms with Crippen molar-refractivity contribution in [2.75, 3.05) is 12.8 Å². The Bertz CT molecular complexity index is 456. The van der Waals surface area contributed by atoms with E-state index in [4.69, 9.17) is 5.73 Å². The quantitative estimate of drug-likeness (QED) is 0.497. The van der Waals surface area contributed by atoms with Gasteiger partial charge in [0.25, 0.3) is 5.56 Å². The molecule has 0 aliphatic heterocycles. The van der Waals surface area contributed by atoms with Gasteiger partial charge in [0.1, 0.15) is 6.10 Å². The van der Waals surface area contributed by atoms with Crippen LogP contribution in [0.15, 0.2) is 17.1 Å². The normalized spacial score (nSPS) is 14.1. The second-order valence-electron chi connectivity index (χ2n) is 3.51. The molecule has 17 heavy (non-hydrogen) atoms. The van der Waals surface area contributed by atoms with Crippen molar-refractivity contribution >= 4 is 11.7 Å². The SMILES string of the molecule is COC(=O)CC(O)C(O)c1c[nH]c(=O)c(N)c1. The number of hydrogen-bond acceptors (Lipinski definition) is 6. The van der Waals surface area contributed by atoms with E-state index in [0.717, 1.165) is 0 Å². The molecule has 0 bridgehead atoms. The molecule has 2 atom stereocenters. The van der Waals surface area contributed by atoms with Gasteiger partial charge >= 0.3 is 5.97 Å². The van der Waals surface area contributed by atoms with E-state index in [9.17, 15) is 19.8 Å². The van der Waals surface area contributed by atoms with E-state index in [1.807, 2.05) is 0 Å². The lowest BCUT2D eigenvalue weighted by Gasteiger charge is -2.17. The minimum Gasteiger partial charge on any atom is -0.469 e. The smallest absolute Gasteiger partial charge is 0.308 e. The Kier molecular flexibility index (Phi) is 4.24. The number of nitrogens with two attached hydrogens (primary N) is 1. The number of nitrogen functional groups attached to an aromatic ring is 1. The van der Waals surface area contributed by atoms with Crippen LogP contribution in [0.1, 0.15) is 18.1 Å². The lowest BCUT2D eigenvalue weighted by molar-refractivity contribution is -0.144. The van der Waals surface area contributed by atoms with E-state index < -0.39 is 23.7 Å². The number of aliphatic hydroxyl groups is 2. The summed E-state index contributed by atoms with van der Waals surface area (Å²) in [5, 5.41) is 19.3. The number of methoxy groups -OCH3 is 1. The fourth-order valence-electron chi connectivity index (χ4n) is 1.28. The zero-order valence-electron chi connectivity index (χ0n) is 9.21. The van der Waals surface area contributed by atoms with Crippen molar-refractivity contribution in [1.82, 2.24) is 4.98 Å². The lowest BCUT2D eigenvalue weighted by atomic mass is 10.0. The van der Waals surface area contributed by atoms with Crippen molar-refractivity contribution in [2.45, 2.75) is 18.6 Å². The van der Waals surface area contributed by atoms with Crippen molar-refractivity contribution in [3.05, 3.63) is 28.2 Å². The molecule has 0 spiro atoms. The molecule has 7 heteroatoms. The average molecular weight is 242 g/mol. The van der Waals surface area contributed by atoms with Crippen molar-refractivity contribution in [2.24, 2.45) is 0 Å². The molecule has 0 fully saturated rings. The summed E-state index contributed by atoms with van der Waals surface area (Å²) in [7, 11) is 1.18. The Morgan fingerprint density at radius 2 is 2.24 bits per heavy atom. The predicted molar refractivity (Wildman–Crippen MR) is 59.1 cm³/mol. The van der Waals surface area contributed by atoms with Gasteiger partial charge in [-0.1, -0.05) is 0 Å². The first-order chi connectivity index (χ1) is 7.95. The number of aromatic nitrogens is 1. The van der Waals surface area contributed by atoms with Crippen molar-refractivity contribution in [1.29, 1.82) is 0 Å². The Hall–Kier alpha value is -1.86. The molecule has 1 rings (SSSR count). The van der Waals surface area contributed by atoms with Gasteiger partial charge in [-0.3, -0.25) is 9.59 Å². The molecular weight excluding hydrogens is 228 g/mol. The molecule has 1 aromatic heterocycles. The number of carbonyl (C=O) groups excluding carboxylic acids is 1. The van der Waals surface area contributed by atoms with Crippen LogP contribution in [-0.2, 0) is 9.53 Å². The number of pyridine rings is 1. The van der Waals surface area contributed by atoms with Gasteiger partial charge in [0.15, 0.2) is 0 Å². The molecular formula is C10H14N2O5. The Balaban J connectivity index is 2.81. The fraction of sp³-hybridized carbons (Fsp3) is 0.400. The second-order valence-corrected chi connectivity index (χ2v) is 3.51. The monoisotopic (exact) mass is 242 g/mol. The number of esters is 1. The molecule has 94 valence electrons. The highest BCUT2D eigenvalue weighted by molar-refractivity contribution is 5.69. The number of anilines is 1. The summed E-state index contributed by atoms with van der Waals surface area (Å²) in [6.07, 6.45) is -1.78. The van der Waals surface area contributed by atoms with E-state index in [1.165, 1.54) is 19.4 Å². The predicted octanol–water partition coefficient (Wildman–Crippen LogP) is -1.09. The molecule has 0 saturated carbocycles. The zero-order valence-corrected chi connectivity index (χ0v) is 9.21. The van der Waals surface area contributed by atoms with Gasteiger partial charge in [-0.2, -0.15) is 0 Å². The Labute approximate surface area is 96.8 Å². The van der Waals surface area contributed by atoms with Gasteiger partial charge in [0.2, 0.25) is 0 Å². The number of carbonyl (C=O) groups is 1. The number of rotatable bonds is 4. The average Bonchev–Trinajstić information content (AvgIpc) is 2.31. The first kappa shape index (κ1) is 13.2. The number of H-pyrrole nitrogens is 1. The van der Waals surface area contributed by atoms with Crippen LogP contribution in [0.25, 0.3) is 0 Å². The third-order valence-electron chi connectivity index (χ3n) is 2.26. The lowest BCUT2D eigenvalue weighted by Crippen LogP contribution is -2.24. The molecule has 7 nitrogen and oxygen atoms in total. The molecule has 1 aromatic rings. The van der Waals surface area contributed by atoms with E-state index >= 15 is 0 Å². The number of nitrogens with one attached hydrogen (secondary N) is 1. The van der Waals surface area contributed by atoms with Crippen molar-refractivity contribution in [3.63, 3.8) is 0 Å². The summed E-state index contributed by atoms with van der Waals surface area (Å²) >= 11 is 0. The van der Waals surface area contributed by atoms with Gasteiger partial charge in [0, 0.05) is 11.8 Å². The maximum atomic E-state index is 11.0. The van der Waals surface area contributed by atoms with Gasteiger partial charge < -0.3 is 25.7 Å². The fourth-order valence-corrected chi connectivity index (χ4v) is 1.28. The molecule has 0 aromatic carbocycles. The van der Waals surface area contributed by atoms with Gasteiger partial charge in [-0.25, -0.2) is 0 Å². The summed E-state index contributed by atoms with van der Waals surface area (Å²) in [6, 6.07) is 1.24. The zero-order chi connectivity index (χ0) is 13.0. The molecule has 0 amide bonds. The van der Waals surface area contributed by atoms with Gasteiger partial charge in [0.05, 0.1) is 25.3 Å². The second kappa shape index (κ2) is 5.46. The Morgan fingerprint density at radius 3 is 2.76 bits per heavy atom. The first-order valence-corrected chi connectivity index (χ1v) is 4.86. The van der Waals surface area contributed by atoms with Gasteiger partial charge in [-0.15, -0.1) is 0 Å². The van der Waals surface area contributed by atoms with Crippen LogP contribution in [0.5, 0.6) is 0 Å². The minimum atomic E-state index is -1.33. The van der Waals surface area contributed by atoms with Crippen LogP contribution in [0.3, 0.4) is 0 Å². The van der Waals surface area contributed by atoms with E-state index in [1.54, 1.807) is 0 Å². The van der Waals surface area contributed by atoms with Crippen LogP contribution in [0, 0.1) is 0 Å². The molecule has 1 heterocycles. The van der Waals surface area contributed by atoms with Crippen LogP contribution < -0.4 is 11.3 Å². The van der Waals surface area contributed by atoms with Crippen molar-refractivity contribution in [3.8, 4) is 0 Å². The molecule has 0 aliphatic rings. The van der Waals surface area contributed by atoms with Crippen molar-refractivity contribution < 1.29 is 19.7 Å². The highest BCUT2D eigenvalue weighted by Gasteiger charge is 2.22. The van der Waals surface area contributed by atoms with Crippen LogP contribution in [0.2, 0.25) is 0 Å². The highest BCUT2D eigenvalue weighted by atomic mass is 16.5. The first-order valence-electron chi connectivity index (χ1n) is 4.86. The topological polar surface area (TPSA) is 126 Å². The summed E-state index contributed by atoms with van der Waals surface area (Å²) in [5.41, 5.74) is 5.02. The van der Waals surface area contributed by atoms with Crippen LogP contribution >= 0.6 is 0 Å². The van der Waals surface area contributed by atoms with E-state index in [-0.39, 0.29) is 17.7 Å². The third kappa shape index (κ3) is 3.30. The summed E-state index contributed by atoms with van der Waals surface area (Å²) in [6.45, 7) is 0. The summed E-state index contributed by atoms with van der Waals surface area (Å²) < 4.78 is 4.36. The van der Waals surface area contributed by atoms with Crippen LogP contribution in [0.4, 0.5) is 5.69 Å². The Morgan fingerprint density at radius 1 is 1.59 bits per heavy atom. The maximum absolute atomic E-state index is 11.0.